The lowest BCUT2D eigenvalue weighted by molar-refractivity contribution is 0.343. The third kappa shape index (κ3) is 3.69. The number of hydrogen-bond acceptors (Lipinski definition) is 2. The topological polar surface area (TPSA) is 0 Å². The monoisotopic (exact) mass is 230 g/mol. The van der Waals surface area contributed by atoms with Gasteiger partial charge in [-0.1, -0.05) is 19.8 Å². The molecule has 1 saturated carbocycles. The molecule has 1 aliphatic carbocycles. The quantitative estimate of drug-likeness (QED) is 0.649. The van der Waals surface area contributed by atoms with Crippen molar-refractivity contribution < 1.29 is 0 Å². The molecule has 1 heterocycles. The Bertz CT molecular complexity index is 158. The molecule has 0 spiro atoms. The van der Waals surface area contributed by atoms with Gasteiger partial charge >= 0.3 is 0 Å². The maximum Gasteiger partial charge on any atom is 0.0229 e. The fraction of sp³-hybridized carbons (Fsp3) is 1.00. The summed E-state index contributed by atoms with van der Waals surface area (Å²) in [6.45, 7) is 2.32. The zero-order valence-electron chi connectivity index (χ0n) is 9.21. The van der Waals surface area contributed by atoms with Crippen LogP contribution in [0.15, 0.2) is 0 Å². The summed E-state index contributed by atoms with van der Waals surface area (Å²) >= 11 is 4.41. The van der Waals surface area contributed by atoms with Gasteiger partial charge in [-0.3, -0.25) is 0 Å². The summed E-state index contributed by atoms with van der Waals surface area (Å²) in [7, 11) is 0. The van der Waals surface area contributed by atoms with Gasteiger partial charge in [0.05, 0.1) is 0 Å². The Morgan fingerprint density at radius 1 is 1.21 bits per heavy atom. The van der Waals surface area contributed by atoms with Crippen molar-refractivity contribution in [2.24, 2.45) is 5.92 Å². The van der Waals surface area contributed by atoms with E-state index in [-0.39, 0.29) is 0 Å². The lowest BCUT2D eigenvalue weighted by Gasteiger charge is -2.27. The standard InChI is InChI=1S/C12H22S2/c1-2-3-10-4-6-11(7-5-10)13-8-12-9-14-12/h10-12H,2-9H2,1H3. The first-order chi connectivity index (χ1) is 6.88. The Morgan fingerprint density at radius 3 is 2.50 bits per heavy atom. The van der Waals surface area contributed by atoms with Crippen molar-refractivity contribution >= 4 is 23.5 Å². The van der Waals surface area contributed by atoms with E-state index in [2.05, 4.69) is 30.4 Å². The summed E-state index contributed by atoms with van der Waals surface area (Å²) in [6, 6.07) is 0. The van der Waals surface area contributed by atoms with E-state index in [1.807, 2.05) is 0 Å². The summed E-state index contributed by atoms with van der Waals surface area (Å²) in [5, 5.41) is 2.05. The van der Waals surface area contributed by atoms with Gasteiger partial charge in [0.25, 0.3) is 0 Å². The van der Waals surface area contributed by atoms with Gasteiger partial charge in [-0.15, -0.1) is 0 Å². The van der Waals surface area contributed by atoms with E-state index in [0.717, 1.165) is 16.4 Å². The van der Waals surface area contributed by atoms with Gasteiger partial charge in [-0.05, 0) is 31.6 Å². The summed E-state index contributed by atoms with van der Waals surface area (Å²) in [4.78, 5) is 0. The SMILES string of the molecule is CCCC1CCC(SCC2CS2)CC1. The van der Waals surface area contributed by atoms with Crippen LogP contribution in [0.2, 0.25) is 0 Å². The highest BCUT2D eigenvalue weighted by atomic mass is 32.2. The van der Waals surface area contributed by atoms with E-state index < -0.39 is 0 Å². The van der Waals surface area contributed by atoms with Crippen LogP contribution in [0.4, 0.5) is 0 Å². The van der Waals surface area contributed by atoms with Crippen LogP contribution >= 0.6 is 23.5 Å². The molecule has 0 aromatic carbocycles. The normalized spacial score (nSPS) is 37.1. The molecular weight excluding hydrogens is 208 g/mol. The lowest BCUT2D eigenvalue weighted by atomic mass is 9.86. The van der Waals surface area contributed by atoms with Crippen molar-refractivity contribution in [2.75, 3.05) is 11.5 Å². The predicted molar refractivity (Wildman–Crippen MR) is 69.4 cm³/mol. The van der Waals surface area contributed by atoms with Crippen LogP contribution < -0.4 is 0 Å². The van der Waals surface area contributed by atoms with Crippen LogP contribution in [0.3, 0.4) is 0 Å². The highest BCUT2D eigenvalue weighted by Crippen LogP contribution is 2.38. The fourth-order valence-electron chi connectivity index (χ4n) is 2.40. The Morgan fingerprint density at radius 2 is 1.93 bits per heavy atom. The van der Waals surface area contributed by atoms with Gasteiger partial charge in [0.1, 0.15) is 0 Å². The van der Waals surface area contributed by atoms with Gasteiger partial charge in [0.15, 0.2) is 0 Å². The summed E-state index contributed by atoms with van der Waals surface area (Å²) in [5.74, 6) is 3.96. The van der Waals surface area contributed by atoms with Gasteiger partial charge in [0, 0.05) is 22.0 Å². The minimum atomic E-state index is 1.02. The number of hydrogen-bond donors (Lipinski definition) is 0. The lowest BCUT2D eigenvalue weighted by Crippen LogP contribution is -2.17. The van der Waals surface area contributed by atoms with Gasteiger partial charge in [-0.2, -0.15) is 23.5 Å². The molecular formula is C12H22S2. The van der Waals surface area contributed by atoms with Crippen molar-refractivity contribution in [2.45, 2.75) is 55.9 Å². The molecule has 0 aromatic rings. The van der Waals surface area contributed by atoms with E-state index >= 15 is 0 Å². The van der Waals surface area contributed by atoms with Crippen LogP contribution in [-0.2, 0) is 0 Å². The number of rotatable bonds is 5. The molecule has 82 valence electrons. The smallest absolute Gasteiger partial charge is 0.0229 e. The van der Waals surface area contributed by atoms with E-state index in [1.165, 1.54) is 50.0 Å². The summed E-state index contributed by atoms with van der Waals surface area (Å²) in [5.41, 5.74) is 0. The second-order valence-corrected chi connectivity index (χ2v) is 7.39. The van der Waals surface area contributed by atoms with Gasteiger partial charge < -0.3 is 0 Å². The maximum atomic E-state index is 2.32. The second-order valence-electron chi connectivity index (χ2n) is 4.72. The molecule has 1 unspecified atom stereocenters. The van der Waals surface area contributed by atoms with Crippen molar-refractivity contribution in [3.8, 4) is 0 Å². The summed E-state index contributed by atoms with van der Waals surface area (Å²) in [6.07, 6.45) is 8.92. The Kier molecular flexibility index (Phi) is 4.55. The van der Waals surface area contributed by atoms with Crippen LogP contribution in [0.5, 0.6) is 0 Å². The van der Waals surface area contributed by atoms with Crippen molar-refractivity contribution in [3.63, 3.8) is 0 Å². The van der Waals surface area contributed by atoms with E-state index in [4.69, 9.17) is 0 Å². The molecule has 2 fully saturated rings. The minimum Gasteiger partial charge on any atom is -0.157 e. The average molecular weight is 230 g/mol. The summed E-state index contributed by atoms with van der Waals surface area (Å²) < 4.78 is 0. The Balaban J connectivity index is 1.57. The van der Waals surface area contributed by atoms with E-state index in [9.17, 15) is 0 Å². The zero-order valence-corrected chi connectivity index (χ0v) is 10.8. The predicted octanol–water partition coefficient (Wildman–Crippen LogP) is 4.19. The van der Waals surface area contributed by atoms with Crippen molar-refractivity contribution in [3.05, 3.63) is 0 Å². The highest BCUT2D eigenvalue weighted by Gasteiger charge is 2.26. The minimum absolute atomic E-state index is 1.02. The third-order valence-electron chi connectivity index (χ3n) is 3.41. The molecule has 0 aromatic heterocycles. The van der Waals surface area contributed by atoms with E-state index in [0.29, 0.717) is 0 Å². The molecule has 0 N–H and O–H groups in total. The Hall–Kier alpha value is 0.700. The van der Waals surface area contributed by atoms with Crippen molar-refractivity contribution in [1.82, 2.24) is 0 Å². The molecule has 14 heavy (non-hydrogen) atoms. The largest absolute Gasteiger partial charge is 0.157 e. The molecule has 0 nitrogen and oxygen atoms in total. The molecule has 2 aliphatic rings. The Labute approximate surface area is 97.0 Å². The van der Waals surface area contributed by atoms with Gasteiger partial charge in [0.2, 0.25) is 0 Å². The molecule has 1 saturated heterocycles. The fourth-order valence-corrected chi connectivity index (χ4v) is 4.64. The molecule has 2 rings (SSSR count). The first-order valence-corrected chi connectivity index (χ1v) is 8.21. The van der Waals surface area contributed by atoms with Crippen LogP contribution in [0, 0.1) is 5.92 Å². The molecule has 1 atom stereocenters. The molecule has 1 aliphatic heterocycles. The van der Waals surface area contributed by atoms with Crippen LogP contribution in [0.25, 0.3) is 0 Å². The number of thioether (sulfide) groups is 2. The maximum absolute atomic E-state index is 2.32. The van der Waals surface area contributed by atoms with Crippen LogP contribution in [-0.4, -0.2) is 22.0 Å². The third-order valence-corrected chi connectivity index (χ3v) is 6.13. The highest BCUT2D eigenvalue weighted by molar-refractivity contribution is 8.08. The zero-order chi connectivity index (χ0) is 9.80. The average Bonchev–Trinajstić information content (AvgIpc) is 3.01. The second kappa shape index (κ2) is 5.69. The van der Waals surface area contributed by atoms with Gasteiger partial charge in [-0.25, -0.2) is 0 Å². The van der Waals surface area contributed by atoms with Crippen LogP contribution in [0.1, 0.15) is 45.4 Å². The molecule has 0 radical (unpaired) electrons. The first kappa shape index (κ1) is 11.2. The molecule has 0 bridgehead atoms. The molecule has 0 amide bonds. The first-order valence-electron chi connectivity index (χ1n) is 6.11. The molecule has 2 heteroatoms. The van der Waals surface area contributed by atoms with E-state index in [1.54, 1.807) is 0 Å². The van der Waals surface area contributed by atoms with Crippen molar-refractivity contribution in [1.29, 1.82) is 0 Å².